The van der Waals surface area contributed by atoms with E-state index in [1.807, 2.05) is 54.6 Å². The quantitative estimate of drug-likeness (QED) is 0.514. The van der Waals surface area contributed by atoms with E-state index >= 15 is 0 Å². The lowest BCUT2D eigenvalue weighted by molar-refractivity contribution is 0.102. The maximum Gasteiger partial charge on any atom is 0.255 e. The van der Waals surface area contributed by atoms with Crippen LogP contribution >= 0.6 is 0 Å². The highest BCUT2D eigenvalue weighted by atomic mass is 32.2. The second kappa shape index (κ2) is 11.3. The molecular weight excluding hydrogens is 462 g/mol. The van der Waals surface area contributed by atoms with Crippen LogP contribution in [-0.4, -0.2) is 56.8 Å². The molecule has 1 saturated heterocycles. The second-order valence-electron chi connectivity index (χ2n) is 8.31. The zero-order chi connectivity index (χ0) is 24.7. The Morgan fingerprint density at radius 2 is 1.57 bits per heavy atom. The monoisotopic (exact) mass is 491 g/mol. The number of nitrogens with one attached hydrogen (secondary N) is 1. The van der Waals surface area contributed by atoms with E-state index in [9.17, 15) is 13.2 Å². The average molecular weight is 492 g/mol. The first kappa shape index (κ1) is 24.7. The molecule has 1 heterocycles. The topological polar surface area (TPSA) is 79.0 Å². The molecule has 3 aromatic carbocycles. The molecule has 8 heteroatoms. The van der Waals surface area contributed by atoms with Crippen LogP contribution in [0.1, 0.15) is 21.5 Å². The summed E-state index contributed by atoms with van der Waals surface area (Å²) in [5, 5.41) is 4.16. The predicted molar refractivity (Wildman–Crippen MR) is 139 cm³/mol. The molecule has 1 aliphatic rings. The van der Waals surface area contributed by atoms with Crippen LogP contribution in [0.15, 0.2) is 84.3 Å². The number of rotatable bonds is 8. The molecule has 0 aliphatic carbocycles. The molecule has 0 saturated carbocycles. The van der Waals surface area contributed by atoms with Crippen LogP contribution in [0, 0.1) is 0 Å². The number of nitrogens with zero attached hydrogens (tertiary/aromatic N) is 2. The van der Waals surface area contributed by atoms with Gasteiger partial charge in [0.15, 0.2) is 0 Å². The zero-order valence-corrected chi connectivity index (χ0v) is 20.4. The predicted octanol–water partition coefficient (Wildman–Crippen LogP) is 4.07. The fourth-order valence-electron chi connectivity index (χ4n) is 3.85. The molecule has 3 aromatic rings. The van der Waals surface area contributed by atoms with Gasteiger partial charge in [0.05, 0.1) is 7.11 Å². The van der Waals surface area contributed by atoms with Gasteiger partial charge in [0.2, 0.25) is 10.0 Å². The maximum absolute atomic E-state index is 12.7. The molecule has 1 amide bonds. The van der Waals surface area contributed by atoms with Crippen molar-refractivity contribution in [1.29, 1.82) is 0 Å². The minimum absolute atomic E-state index is 0.177. The van der Waals surface area contributed by atoms with E-state index in [1.54, 1.807) is 37.5 Å². The fraction of sp³-hybridized carbons (Fsp3) is 0.222. The van der Waals surface area contributed by atoms with Crippen LogP contribution in [0.4, 0.5) is 5.69 Å². The van der Waals surface area contributed by atoms with Gasteiger partial charge in [-0.1, -0.05) is 42.5 Å². The lowest BCUT2D eigenvalue weighted by atomic mass is 10.1. The number of methoxy groups -OCH3 is 1. The lowest BCUT2D eigenvalue weighted by Crippen LogP contribution is -2.47. The lowest BCUT2D eigenvalue weighted by Gasteiger charge is -2.33. The average Bonchev–Trinajstić information content (AvgIpc) is 2.89. The third kappa shape index (κ3) is 6.79. The molecule has 0 radical (unpaired) electrons. The summed E-state index contributed by atoms with van der Waals surface area (Å²) in [5.41, 5.74) is 3.21. The number of carbonyl (C=O) groups is 1. The molecule has 0 unspecified atom stereocenters. The highest BCUT2D eigenvalue weighted by Gasteiger charge is 2.25. The van der Waals surface area contributed by atoms with Gasteiger partial charge in [-0.25, -0.2) is 8.42 Å². The van der Waals surface area contributed by atoms with Crippen molar-refractivity contribution in [3.63, 3.8) is 0 Å². The van der Waals surface area contributed by atoms with E-state index in [4.69, 9.17) is 4.74 Å². The van der Waals surface area contributed by atoms with E-state index in [-0.39, 0.29) is 5.91 Å². The molecular formula is C27H29N3O4S. The largest absolute Gasteiger partial charge is 0.497 e. The Morgan fingerprint density at radius 3 is 2.20 bits per heavy atom. The molecule has 0 aromatic heterocycles. The van der Waals surface area contributed by atoms with Gasteiger partial charge in [-0.2, -0.15) is 4.31 Å². The third-order valence-corrected chi connectivity index (χ3v) is 7.46. The summed E-state index contributed by atoms with van der Waals surface area (Å²) in [7, 11) is -1.85. The van der Waals surface area contributed by atoms with Crippen molar-refractivity contribution in [2.75, 3.05) is 38.6 Å². The fourth-order valence-corrected chi connectivity index (χ4v) is 5.03. The van der Waals surface area contributed by atoms with Gasteiger partial charge in [-0.15, -0.1) is 0 Å². The van der Waals surface area contributed by atoms with Crippen LogP contribution in [-0.2, 0) is 16.6 Å². The number of amides is 1. The van der Waals surface area contributed by atoms with Crippen LogP contribution < -0.4 is 10.1 Å². The minimum atomic E-state index is -3.45. The summed E-state index contributed by atoms with van der Waals surface area (Å²) >= 11 is 0. The van der Waals surface area contributed by atoms with Crippen molar-refractivity contribution >= 4 is 27.7 Å². The smallest absolute Gasteiger partial charge is 0.255 e. The van der Waals surface area contributed by atoms with Gasteiger partial charge in [0.1, 0.15) is 5.75 Å². The van der Waals surface area contributed by atoms with Crippen LogP contribution in [0.25, 0.3) is 6.08 Å². The molecule has 1 fully saturated rings. The summed E-state index contributed by atoms with van der Waals surface area (Å²) in [4.78, 5) is 14.7. The molecule has 7 nitrogen and oxygen atoms in total. The molecule has 182 valence electrons. The third-order valence-electron chi connectivity index (χ3n) is 5.89. The van der Waals surface area contributed by atoms with Crippen molar-refractivity contribution < 1.29 is 17.9 Å². The Morgan fingerprint density at radius 1 is 0.914 bits per heavy atom. The summed E-state index contributed by atoms with van der Waals surface area (Å²) < 4.78 is 32.0. The van der Waals surface area contributed by atoms with Crippen molar-refractivity contribution in [3.8, 4) is 5.75 Å². The molecule has 1 aliphatic heterocycles. The van der Waals surface area contributed by atoms with Gasteiger partial charge < -0.3 is 10.1 Å². The van der Waals surface area contributed by atoms with E-state index in [1.165, 1.54) is 9.71 Å². The molecule has 4 rings (SSSR count). The minimum Gasteiger partial charge on any atom is -0.497 e. The molecule has 0 spiro atoms. The number of hydrogen-bond donors (Lipinski definition) is 1. The van der Waals surface area contributed by atoms with Crippen LogP contribution in [0.3, 0.4) is 0 Å². The van der Waals surface area contributed by atoms with Gasteiger partial charge in [-0.3, -0.25) is 9.69 Å². The second-order valence-corrected chi connectivity index (χ2v) is 10.1. The first-order valence-corrected chi connectivity index (χ1v) is 12.9. The summed E-state index contributed by atoms with van der Waals surface area (Å²) in [6.07, 6.45) is 1.63. The molecule has 1 N–H and O–H groups in total. The number of carbonyl (C=O) groups excluding carboxylic acids is 1. The zero-order valence-electron chi connectivity index (χ0n) is 19.6. The standard InChI is InChI=1S/C27H29N3O4S/c1-34-26-13-11-25(12-14-26)28-27(31)24-9-7-23(8-10-24)21-29-16-18-30(19-17-29)35(32,33)20-15-22-5-3-2-4-6-22/h2-15,20H,16-19,21H2,1H3,(H,28,31). The maximum atomic E-state index is 12.7. The summed E-state index contributed by atoms with van der Waals surface area (Å²) in [6.45, 7) is 2.90. The normalized spacial score (nSPS) is 15.2. The van der Waals surface area contributed by atoms with Crippen molar-refractivity contribution in [3.05, 3.63) is 101 Å². The first-order valence-electron chi connectivity index (χ1n) is 11.4. The number of benzene rings is 3. The Balaban J connectivity index is 1.27. The van der Waals surface area contributed by atoms with Gasteiger partial charge in [-0.05, 0) is 53.6 Å². The Labute approximate surface area is 206 Å². The number of hydrogen-bond acceptors (Lipinski definition) is 5. The van der Waals surface area contributed by atoms with E-state index in [0.29, 0.717) is 44.0 Å². The Bertz CT molecular complexity index is 1250. The number of ether oxygens (including phenoxy) is 1. The van der Waals surface area contributed by atoms with Gasteiger partial charge >= 0.3 is 0 Å². The van der Waals surface area contributed by atoms with Gasteiger partial charge in [0, 0.05) is 49.4 Å². The van der Waals surface area contributed by atoms with Crippen LogP contribution in [0.5, 0.6) is 5.75 Å². The SMILES string of the molecule is COc1ccc(NC(=O)c2ccc(CN3CCN(S(=O)(=O)C=Cc4ccccc4)CC3)cc2)cc1. The van der Waals surface area contributed by atoms with Crippen molar-refractivity contribution in [2.24, 2.45) is 0 Å². The molecule has 35 heavy (non-hydrogen) atoms. The van der Waals surface area contributed by atoms with Gasteiger partial charge in [0.25, 0.3) is 5.91 Å². The summed E-state index contributed by atoms with van der Waals surface area (Å²) in [5.74, 6) is 0.554. The number of anilines is 1. The first-order chi connectivity index (χ1) is 16.9. The Kier molecular flexibility index (Phi) is 7.97. The number of piperazine rings is 1. The van der Waals surface area contributed by atoms with Crippen LogP contribution in [0.2, 0.25) is 0 Å². The van der Waals surface area contributed by atoms with Crippen molar-refractivity contribution in [1.82, 2.24) is 9.21 Å². The van der Waals surface area contributed by atoms with E-state index in [0.717, 1.165) is 16.9 Å². The Hall–Kier alpha value is -3.46. The summed E-state index contributed by atoms with van der Waals surface area (Å²) in [6, 6.07) is 24.1. The highest BCUT2D eigenvalue weighted by molar-refractivity contribution is 7.92. The van der Waals surface area contributed by atoms with E-state index < -0.39 is 10.0 Å². The van der Waals surface area contributed by atoms with Crippen molar-refractivity contribution in [2.45, 2.75) is 6.54 Å². The molecule has 0 atom stereocenters. The van der Waals surface area contributed by atoms with E-state index in [2.05, 4.69) is 10.2 Å². The highest BCUT2D eigenvalue weighted by Crippen LogP contribution is 2.17. The molecule has 0 bridgehead atoms. The number of sulfonamides is 1.